The van der Waals surface area contributed by atoms with Crippen LogP contribution in [0.15, 0.2) is 89.5 Å². The first-order valence-corrected chi connectivity index (χ1v) is 10.5. The van der Waals surface area contributed by atoms with Crippen LogP contribution in [0.5, 0.6) is 5.75 Å². The molecule has 2 N–H and O–H groups in total. The van der Waals surface area contributed by atoms with E-state index < -0.39 is 0 Å². The van der Waals surface area contributed by atoms with E-state index in [4.69, 9.17) is 9.26 Å². The van der Waals surface area contributed by atoms with Crippen LogP contribution in [0.1, 0.15) is 37.7 Å². The van der Waals surface area contributed by atoms with Gasteiger partial charge in [-0.15, -0.1) is 0 Å². The maximum absolute atomic E-state index is 12.4. The first-order valence-electron chi connectivity index (χ1n) is 10.5. The van der Waals surface area contributed by atoms with Crippen molar-refractivity contribution in [3.05, 3.63) is 113 Å². The minimum absolute atomic E-state index is 0.119. The van der Waals surface area contributed by atoms with Crippen molar-refractivity contribution in [1.29, 1.82) is 0 Å². The van der Waals surface area contributed by atoms with Gasteiger partial charge in [0.05, 0.1) is 0 Å². The number of aryl methyl sites for hydroxylation is 1. The molecule has 0 bridgehead atoms. The highest BCUT2D eigenvalue weighted by atomic mass is 16.5. The van der Waals surface area contributed by atoms with E-state index in [9.17, 15) is 9.59 Å². The van der Waals surface area contributed by atoms with Gasteiger partial charge >= 0.3 is 0 Å². The third kappa shape index (κ3) is 5.86. The zero-order valence-corrected chi connectivity index (χ0v) is 18.1. The SMILES string of the molecule is Cc1ccccc1C(=O)Nc1ccc(OCc2cc(C(=O)NCc3ccccc3)no2)cc1. The van der Waals surface area contributed by atoms with Gasteiger partial charge in [0.2, 0.25) is 0 Å². The molecule has 0 radical (unpaired) electrons. The number of nitrogens with one attached hydrogen (secondary N) is 2. The molecular weight excluding hydrogens is 418 g/mol. The van der Waals surface area contributed by atoms with Crippen LogP contribution in [0, 0.1) is 6.92 Å². The normalized spacial score (nSPS) is 10.5. The second kappa shape index (κ2) is 10.3. The van der Waals surface area contributed by atoms with Crippen molar-refractivity contribution < 1.29 is 18.8 Å². The highest BCUT2D eigenvalue weighted by molar-refractivity contribution is 6.05. The van der Waals surface area contributed by atoms with Gasteiger partial charge in [-0.05, 0) is 48.4 Å². The molecule has 0 aliphatic rings. The van der Waals surface area contributed by atoms with E-state index in [0.717, 1.165) is 11.1 Å². The Morgan fingerprint density at radius 3 is 2.39 bits per heavy atom. The van der Waals surface area contributed by atoms with Gasteiger partial charge in [0.15, 0.2) is 11.5 Å². The van der Waals surface area contributed by atoms with Crippen LogP contribution in [0.2, 0.25) is 0 Å². The van der Waals surface area contributed by atoms with E-state index in [0.29, 0.717) is 29.3 Å². The largest absolute Gasteiger partial charge is 0.486 e. The molecule has 4 aromatic rings. The van der Waals surface area contributed by atoms with Crippen LogP contribution >= 0.6 is 0 Å². The summed E-state index contributed by atoms with van der Waals surface area (Å²) in [5.74, 6) is 0.538. The standard InChI is InChI=1S/C26H23N3O4/c1-18-7-5-6-10-23(18)25(30)28-20-11-13-21(14-12-20)32-17-22-15-24(29-33-22)26(31)27-16-19-8-3-2-4-9-19/h2-15H,16-17H2,1H3,(H,27,31)(H,28,30). The molecule has 0 saturated heterocycles. The quantitative estimate of drug-likeness (QED) is 0.412. The van der Waals surface area contributed by atoms with Crippen LogP contribution in [0.25, 0.3) is 0 Å². The molecule has 0 saturated carbocycles. The predicted octanol–water partition coefficient (Wildman–Crippen LogP) is 4.74. The van der Waals surface area contributed by atoms with E-state index in [-0.39, 0.29) is 24.1 Å². The van der Waals surface area contributed by atoms with E-state index in [1.165, 1.54) is 0 Å². The molecule has 4 rings (SSSR count). The number of anilines is 1. The van der Waals surface area contributed by atoms with Crippen LogP contribution < -0.4 is 15.4 Å². The molecule has 0 aliphatic carbocycles. The molecule has 1 heterocycles. The highest BCUT2D eigenvalue weighted by Crippen LogP contribution is 2.19. The van der Waals surface area contributed by atoms with Gasteiger partial charge in [-0.3, -0.25) is 9.59 Å². The van der Waals surface area contributed by atoms with Crippen molar-refractivity contribution in [2.75, 3.05) is 5.32 Å². The molecule has 2 amide bonds. The van der Waals surface area contributed by atoms with Crippen LogP contribution in [-0.2, 0) is 13.2 Å². The smallest absolute Gasteiger partial charge is 0.273 e. The number of nitrogens with zero attached hydrogens (tertiary/aromatic N) is 1. The fourth-order valence-electron chi connectivity index (χ4n) is 3.17. The third-order valence-corrected chi connectivity index (χ3v) is 4.97. The van der Waals surface area contributed by atoms with Gasteiger partial charge in [0.1, 0.15) is 12.4 Å². The number of hydrogen-bond donors (Lipinski definition) is 2. The second-order valence-electron chi connectivity index (χ2n) is 7.43. The summed E-state index contributed by atoms with van der Waals surface area (Å²) in [7, 11) is 0. The Morgan fingerprint density at radius 1 is 0.909 bits per heavy atom. The minimum atomic E-state index is -0.317. The van der Waals surface area contributed by atoms with Crippen molar-refractivity contribution in [2.45, 2.75) is 20.1 Å². The van der Waals surface area contributed by atoms with Gasteiger partial charge in [-0.25, -0.2) is 0 Å². The van der Waals surface area contributed by atoms with Gasteiger partial charge in [-0.1, -0.05) is 53.7 Å². The summed E-state index contributed by atoms with van der Waals surface area (Å²) in [6.07, 6.45) is 0. The van der Waals surface area contributed by atoms with Crippen molar-refractivity contribution in [3.8, 4) is 5.75 Å². The zero-order valence-electron chi connectivity index (χ0n) is 18.1. The molecule has 1 aromatic heterocycles. The first-order chi connectivity index (χ1) is 16.1. The van der Waals surface area contributed by atoms with Gasteiger partial charge < -0.3 is 19.9 Å². The molecular formula is C26H23N3O4. The topological polar surface area (TPSA) is 93.5 Å². The maximum atomic E-state index is 12.4. The lowest BCUT2D eigenvalue weighted by Crippen LogP contribution is -2.22. The number of benzene rings is 3. The number of aromatic nitrogens is 1. The summed E-state index contributed by atoms with van der Waals surface area (Å²) >= 11 is 0. The molecule has 0 fully saturated rings. The molecule has 7 heteroatoms. The number of amides is 2. The molecule has 0 unspecified atom stereocenters. The van der Waals surface area contributed by atoms with Crippen LogP contribution in [0.4, 0.5) is 5.69 Å². The molecule has 7 nitrogen and oxygen atoms in total. The Balaban J connectivity index is 1.27. The van der Waals surface area contributed by atoms with Gasteiger partial charge in [0, 0.05) is 23.9 Å². The van der Waals surface area contributed by atoms with Crippen molar-refractivity contribution in [1.82, 2.24) is 10.5 Å². The monoisotopic (exact) mass is 441 g/mol. The minimum Gasteiger partial charge on any atom is -0.486 e. The molecule has 33 heavy (non-hydrogen) atoms. The summed E-state index contributed by atoms with van der Waals surface area (Å²) in [5.41, 5.74) is 3.39. The second-order valence-corrected chi connectivity index (χ2v) is 7.43. The van der Waals surface area contributed by atoms with Crippen LogP contribution in [-0.4, -0.2) is 17.0 Å². The highest BCUT2D eigenvalue weighted by Gasteiger charge is 2.13. The number of carbonyl (C=O) groups excluding carboxylic acids is 2. The number of rotatable bonds is 8. The molecule has 3 aromatic carbocycles. The Bertz CT molecular complexity index is 1230. The average Bonchev–Trinajstić information content (AvgIpc) is 3.32. The lowest BCUT2D eigenvalue weighted by molar-refractivity contribution is 0.0940. The number of hydrogen-bond acceptors (Lipinski definition) is 5. The van der Waals surface area contributed by atoms with Gasteiger partial charge in [0.25, 0.3) is 11.8 Å². The number of carbonyl (C=O) groups is 2. The fourth-order valence-corrected chi connectivity index (χ4v) is 3.17. The van der Waals surface area contributed by atoms with Crippen LogP contribution in [0.3, 0.4) is 0 Å². The van der Waals surface area contributed by atoms with Crippen molar-refractivity contribution in [2.24, 2.45) is 0 Å². The lowest BCUT2D eigenvalue weighted by atomic mass is 10.1. The molecule has 166 valence electrons. The summed E-state index contributed by atoms with van der Waals surface area (Å²) in [6, 6.07) is 25.6. The summed E-state index contributed by atoms with van der Waals surface area (Å²) in [6.45, 7) is 2.42. The van der Waals surface area contributed by atoms with Gasteiger partial charge in [-0.2, -0.15) is 0 Å². The van der Waals surface area contributed by atoms with E-state index >= 15 is 0 Å². The number of ether oxygens (including phenoxy) is 1. The molecule has 0 spiro atoms. The van der Waals surface area contributed by atoms with E-state index in [2.05, 4.69) is 15.8 Å². The van der Waals surface area contributed by atoms with Crippen molar-refractivity contribution >= 4 is 17.5 Å². The molecule has 0 aliphatic heterocycles. The summed E-state index contributed by atoms with van der Waals surface area (Å²) in [4.78, 5) is 24.7. The fraction of sp³-hybridized carbons (Fsp3) is 0.115. The maximum Gasteiger partial charge on any atom is 0.273 e. The summed E-state index contributed by atoms with van der Waals surface area (Å²) in [5, 5.41) is 9.48. The molecule has 0 atom stereocenters. The zero-order chi connectivity index (χ0) is 23.0. The lowest BCUT2D eigenvalue weighted by Gasteiger charge is -2.09. The Morgan fingerprint density at radius 2 is 1.64 bits per heavy atom. The first kappa shape index (κ1) is 21.8. The Labute approximate surface area is 191 Å². The van der Waals surface area contributed by atoms with E-state index in [1.807, 2.05) is 55.5 Å². The van der Waals surface area contributed by atoms with E-state index in [1.54, 1.807) is 36.4 Å². The third-order valence-electron chi connectivity index (χ3n) is 4.97. The predicted molar refractivity (Wildman–Crippen MR) is 124 cm³/mol. The summed E-state index contributed by atoms with van der Waals surface area (Å²) < 4.78 is 10.9. The Kier molecular flexibility index (Phi) is 6.80. The van der Waals surface area contributed by atoms with Crippen molar-refractivity contribution in [3.63, 3.8) is 0 Å². The Hall–Kier alpha value is -4.39. The average molecular weight is 441 g/mol.